The largest absolute Gasteiger partial charge is 0.481 e. The molecule has 0 aromatic carbocycles. The standard InChI is InChI=1S/C18H34O2.C14H26O2/c1-2-3-4-5-6-7-8-9-10-11-12-13-14-15-16-17-18(19)20;1-2-3-4-5-6-7-8-9-10-11-12-13-14(15)16/h9-10H,2-8,11-17H2,1H3,(H,19,20);5-6H,2-4,7-13H2,1H3,(H,15,16). The third-order valence-electron chi connectivity index (χ3n) is 6.30. The van der Waals surface area contributed by atoms with Crippen molar-refractivity contribution in [3.8, 4) is 0 Å². The molecule has 2 N–H and O–H groups in total. The van der Waals surface area contributed by atoms with Crippen LogP contribution in [0.5, 0.6) is 0 Å². The lowest BCUT2D eigenvalue weighted by molar-refractivity contribution is -0.138. The van der Waals surface area contributed by atoms with Crippen molar-refractivity contribution in [2.75, 3.05) is 0 Å². The molecule has 0 aliphatic heterocycles. The highest BCUT2D eigenvalue weighted by molar-refractivity contribution is 5.66. The summed E-state index contributed by atoms with van der Waals surface area (Å²) in [5, 5.41) is 17.0. The van der Waals surface area contributed by atoms with Gasteiger partial charge >= 0.3 is 11.9 Å². The molecule has 0 bridgehead atoms. The lowest BCUT2D eigenvalue weighted by Gasteiger charge is -1.99. The average molecular weight is 509 g/mol. The Balaban J connectivity index is 0. The minimum absolute atomic E-state index is 0.330. The fourth-order valence-corrected chi connectivity index (χ4v) is 3.97. The zero-order valence-electron chi connectivity index (χ0n) is 24.0. The molecule has 0 atom stereocenters. The van der Waals surface area contributed by atoms with Crippen molar-refractivity contribution < 1.29 is 19.8 Å². The molecule has 0 rings (SSSR count). The molecular weight excluding hydrogens is 448 g/mol. The molecule has 0 aromatic rings. The van der Waals surface area contributed by atoms with E-state index in [-0.39, 0.29) is 0 Å². The Kier molecular flexibility index (Phi) is 34.0. The second-order valence-corrected chi connectivity index (χ2v) is 10.0. The van der Waals surface area contributed by atoms with E-state index < -0.39 is 11.9 Å². The molecule has 0 unspecified atom stereocenters. The molecule has 0 saturated carbocycles. The number of allylic oxidation sites excluding steroid dienone is 4. The predicted molar refractivity (Wildman–Crippen MR) is 156 cm³/mol. The summed E-state index contributed by atoms with van der Waals surface area (Å²) < 4.78 is 0. The Morgan fingerprint density at radius 2 is 0.694 bits per heavy atom. The monoisotopic (exact) mass is 508 g/mol. The first kappa shape index (κ1) is 36.6. The quantitative estimate of drug-likeness (QED) is 0.0899. The van der Waals surface area contributed by atoms with Crippen molar-refractivity contribution in [2.24, 2.45) is 0 Å². The lowest BCUT2D eigenvalue weighted by Crippen LogP contribution is -1.93. The summed E-state index contributed by atoms with van der Waals surface area (Å²) in [6.07, 6.45) is 36.7. The van der Waals surface area contributed by atoms with E-state index in [1.165, 1.54) is 116 Å². The zero-order valence-corrected chi connectivity index (χ0v) is 24.0. The van der Waals surface area contributed by atoms with Gasteiger partial charge in [0.25, 0.3) is 0 Å². The molecular formula is C32H60O4. The van der Waals surface area contributed by atoms with Crippen LogP contribution in [0.2, 0.25) is 0 Å². The first-order valence-electron chi connectivity index (χ1n) is 15.3. The van der Waals surface area contributed by atoms with E-state index >= 15 is 0 Å². The second-order valence-electron chi connectivity index (χ2n) is 10.0. The average Bonchev–Trinajstić information content (AvgIpc) is 2.85. The molecule has 0 aromatic heterocycles. The summed E-state index contributed by atoms with van der Waals surface area (Å²) in [4.78, 5) is 20.6. The summed E-state index contributed by atoms with van der Waals surface area (Å²) in [5.74, 6) is -1.33. The van der Waals surface area contributed by atoms with Crippen molar-refractivity contribution in [2.45, 2.75) is 168 Å². The van der Waals surface area contributed by atoms with Gasteiger partial charge in [0, 0.05) is 12.8 Å². The number of hydrogen-bond acceptors (Lipinski definition) is 2. The number of unbranched alkanes of at least 4 members (excludes halogenated alkanes) is 18. The summed E-state index contributed by atoms with van der Waals surface area (Å²) in [6.45, 7) is 4.47. The van der Waals surface area contributed by atoms with Crippen LogP contribution in [0.25, 0.3) is 0 Å². The topological polar surface area (TPSA) is 74.6 Å². The summed E-state index contributed by atoms with van der Waals surface area (Å²) in [5.41, 5.74) is 0. The number of rotatable bonds is 26. The summed E-state index contributed by atoms with van der Waals surface area (Å²) in [7, 11) is 0. The van der Waals surface area contributed by atoms with Crippen LogP contribution >= 0.6 is 0 Å². The van der Waals surface area contributed by atoms with Crippen LogP contribution in [-0.4, -0.2) is 22.2 Å². The van der Waals surface area contributed by atoms with Crippen LogP contribution in [0.15, 0.2) is 24.3 Å². The lowest BCUT2D eigenvalue weighted by atomic mass is 10.1. The first-order valence-corrected chi connectivity index (χ1v) is 15.3. The fourth-order valence-electron chi connectivity index (χ4n) is 3.97. The van der Waals surface area contributed by atoms with Gasteiger partial charge in [-0.2, -0.15) is 0 Å². The van der Waals surface area contributed by atoms with Gasteiger partial charge in [0.05, 0.1) is 0 Å². The van der Waals surface area contributed by atoms with E-state index in [9.17, 15) is 9.59 Å². The Bertz CT molecular complexity index is 510. The van der Waals surface area contributed by atoms with Crippen molar-refractivity contribution in [1.29, 1.82) is 0 Å². The number of carboxylic acid groups (broad SMARTS) is 2. The summed E-state index contributed by atoms with van der Waals surface area (Å²) in [6, 6.07) is 0. The molecule has 0 aliphatic carbocycles. The van der Waals surface area contributed by atoms with E-state index in [1.54, 1.807) is 0 Å². The van der Waals surface area contributed by atoms with Gasteiger partial charge in [-0.05, 0) is 57.8 Å². The number of aliphatic carboxylic acids is 2. The SMILES string of the molecule is CCCCC=CCCCCCCCC(=O)O.CCCCCCCCC=CCCCCCCCC(=O)O. The van der Waals surface area contributed by atoms with Crippen molar-refractivity contribution >= 4 is 11.9 Å². The maximum atomic E-state index is 10.3. The molecule has 212 valence electrons. The molecule has 36 heavy (non-hydrogen) atoms. The third kappa shape index (κ3) is 39.6. The van der Waals surface area contributed by atoms with Gasteiger partial charge in [0.1, 0.15) is 0 Å². The molecule has 4 heteroatoms. The Hall–Kier alpha value is -1.58. The first-order chi connectivity index (χ1) is 17.5. The van der Waals surface area contributed by atoms with Gasteiger partial charge in [-0.3, -0.25) is 9.59 Å². The van der Waals surface area contributed by atoms with E-state index in [4.69, 9.17) is 10.2 Å². The van der Waals surface area contributed by atoms with Crippen LogP contribution in [0.4, 0.5) is 0 Å². The molecule has 0 spiro atoms. The molecule has 0 aliphatic rings. The van der Waals surface area contributed by atoms with E-state index in [2.05, 4.69) is 38.2 Å². The van der Waals surface area contributed by atoms with Crippen LogP contribution in [0, 0.1) is 0 Å². The van der Waals surface area contributed by atoms with E-state index in [0.717, 1.165) is 25.7 Å². The molecule has 0 heterocycles. The second kappa shape index (κ2) is 33.4. The Morgan fingerprint density at radius 1 is 0.417 bits per heavy atom. The van der Waals surface area contributed by atoms with Crippen molar-refractivity contribution in [3.63, 3.8) is 0 Å². The Labute approximate surface area is 224 Å². The van der Waals surface area contributed by atoms with Gasteiger partial charge in [-0.25, -0.2) is 0 Å². The van der Waals surface area contributed by atoms with Crippen LogP contribution in [0.3, 0.4) is 0 Å². The maximum absolute atomic E-state index is 10.3. The van der Waals surface area contributed by atoms with Gasteiger partial charge in [-0.1, -0.05) is 122 Å². The highest BCUT2D eigenvalue weighted by Gasteiger charge is 1.96. The summed E-state index contributed by atoms with van der Waals surface area (Å²) >= 11 is 0. The van der Waals surface area contributed by atoms with Gasteiger partial charge < -0.3 is 10.2 Å². The van der Waals surface area contributed by atoms with Crippen molar-refractivity contribution in [3.05, 3.63) is 24.3 Å². The number of hydrogen-bond donors (Lipinski definition) is 2. The van der Waals surface area contributed by atoms with E-state index in [0.29, 0.717) is 12.8 Å². The van der Waals surface area contributed by atoms with Crippen LogP contribution in [-0.2, 0) is 9.59 Å². The van der Waals surface area contributed by atoms with E-state index in [1.807, 2.05) is 0 Å². The molecule has 0 fully saturated rings. The van der Waals surface area contributed by atoms with Crippen LogP contribution < -0.4 is 0 Å². The predicted octanol–water partition coefficient (Wildman–Crippen LogP) is 10.7. The maximum Gasteiger partial charge on any atom is 0.303 e. The Morgan fingerprint density at radius 3 is 1.03 bits per heavy atom. The van der Waals surface area contributed by atoms with Gasteiger partial charge in [0.2, 0.25) is 0 Å². The number of carbonyl (C=O) groups is 2. The minimum atomic E-state index is -0.668. The highest BCUT2D eigenvalue weighted by Crippen LogP contribution is 2.10. The molecule has 0 amide bonds. The minimum Gasteiger partial charge on any atom is -0.481 e. The fraction of sp³-hybridized carbons (Fsp3) is 0.812. The third-order valence-corrected chi connectivity index (χ3v) is 6.30. The van der Waals surface area contributed by atoms with Gasteiger partial charge in [-0.15, -0.1) is 0 Å². The molecule has 0 radical (unpaired) electrons. The molecule has 0 saturated heterocycles. The zero-order chi connectivity index (χ0) is 27.0. The normalized spacial score (nSPS) is 11.2. The highest BCUT2D eigenvalue weighted by atomic mass is 16.4. The van der Waals surface area contributed by atoms with Gasteiger partial charge in [0.15, 0.2) is 0 Å². The smallest absolute Gasteiger partial charge is 0.303 e. The number of carboxylic acids is 2. The van der Waals surface area contributed by atoms with Crippen molar-refractivity contribution in [1.82, 2.24) is 0 Å². The van der Waals surface area contributed by atoms with Crippen LogP contribution in [0.1, 0.15) is 168 Å². The molecule has 4 nitrogen and oxygen atoms in total.